The number of fused-ring (bicyclic) bond motifs is 1. The summed E-state index contributed by atoms with van der Waals surface area (Å²) >= 11 is 5.79. The van der Waals surface area contributed by atoms with Crippen LogP contribution in [-0.4, -0.2) is 21.3 Å². The maximum atomic E-state index is 5.79. The standard InChI is InChI=1S/C6H9ClN4/c7-6-10-9-5-4-8-2-1-3-11(5)6/h8H,1-4H2. The Morgan fingerprint density at radius 3 is 3.27 bits per heavy atom. The number of halogens is 1. The van der Waals surface area contributed by atoms with Gasteiger partial charge in [0.05, 0.1) is 6.54 Å². The van der Waals surface area contributed by atoms with E-state index in [4.69, 9.17) is 11.6 Å². The molecular formula is C6H9ClN4. The summed E-state index contributed by atoms with van der Waals surface area (Å²) in [6.07, 6.45) is 1.09. The first-order valence-electron chi connectivity index (χ1n) is 3.66. The zero-order valence-electron chi connectivity index (χ0n) is 6.05. The molecule has 0 saturated heterocycles. The summed E-state index contributed by atoms with van der Waals surface area (Å²) in [5.41, 5.74) is 0. The van der Waals surface area contributed by atoms with E-state index in [1.807, 2.05) is 4.57 Å². The molecule has 1 aromatic rings. The van der Waals surface area contributed by atoms with Gasteiger partial charge in [0.25, 0.3) is 0 Å². The van der Waals surface area contributed by atoms with Crippen LogP contribution in [0.4, 0.5) is 0 Å². The first kappa shape index (κ1) is 7.06. The Hall–Kier alpha value is -0.610. The Balaban J connectivity index is 2.35. The van der Waals surface area contributed by atoms with Crippen LogP contribution in [0.5, 0.6) is 0 Å². The minimum Gasteiger partial charge on any atom is -0.310 e. The molecule has 0 radical (unpaired) electrons. The van der Waals surface area contributed by atoms with Crippen molar-refractivity contribution in [3.05, 3.63) is 11.1 Å². The Morgan fingerprint density at radius 2 is 2.36 bits per heavy atom. The molecule has 0 spiro atoms. The molecule has 0 atom stereocenters. The van der Waals surface area contributed by atoms with E-state index >= 15 is 0 Å². The quantitative estimate of drug-likeness (QED) is 0.617. The fourth-order valence-electron chi connectivity index (χ4n) is 1.23. The van der Waals surface area contributed by atoms with E-state index in [-0.39, 0.29) is 0 Å². The van der Waals surface area contributed by atoms with Crippen molar-refractivity contribution in [2.75, 3.05) is 6.54 Å². The van der Waals surface area contributed by atoms with Gasteiger partial charge in [-0.25, -0.2) is 0 Å². The lowest BCUT2D eigenvalue weighted by molar-refractivity contribution is 0.641. The van der Waals surface area contributed by atoms with Gasteiger partial charge in [-0.1, -0.05) is 0 Å². The number of nitrogens with one attached hydrogen (secondary N) is 1. The zero-order valence-corrected chi connectivity index (χ0v) is 6.80. The van der Waals surface area contributed by atoms with E-state index in [0.29, 0.717) is 5.28 Å². The Kier molecular flexibility index (Phi) is 1.79. The lowest BCUT2D eigenvalue weighted by atomic mass is 10.4. The van der Waals surface area contributed by atoms with Crippen LogP contribution in [0, 0.1) is 0 Å². The third-order valence-electron chi connectivity index (χ3n) is 1.80. The molecule has 0 bridgehead atoms. The summed E-state index contributed by atoms with van der Waals surface area (Å²) in [6.45, 7) is 2.73. The number of hydrogen-bond donors (Lipinski definition) is 1. The molecule has 0 fully saturated rings. The minimum absolute atomic E-state index is 0.503. The van der Waals surface area contributed by atoms with Gasteiger partial charge < -0.3 is 9.88 Å². The minimum atomic E-state index is 0.503. The van der Waals surface area contributed by atoms with Crippen LogP contribution in [0.3, 0.4) is 0 Å². The van der Waals surface area contributed by atoms with Gasteiger partial charge in [-0.3, -0.25) is 0 Å². The molecule has 5 heteroatoms. The predicted octanol–water partition coefficient (Wildman–Crippen LogP) is 0.425. The molecule has 1 aromatic heterocycles. The highest BCUT2D eigenvalue weighted by Crippen LogP contribution is 2.10. The Morgan fingerprint density at radius 1 is 1.45 bits per heavy atom. The topological polar surface area (TPSA) is 42.7 Å². The van der Waals surface area contributed by atoms with Crippen LogP contribution in [0.15, 0.2) is 0 Å². The molecule has 1 aliphatic heterocycles. The maximum absolute atomic E-state index is 5.79. The Bertz CT molecular complexity index is 257. The summed E-state index contributed by atoms with van der Waals surface area (Å²) in [7, 11) is 0. The lowest BCUT2D eigenvalue weighted by Gasteiger charge is -1.99. The molecule has 60 valence electrons. The number of aromatic nitrogens is 3. The predicted molar refractivity (Wildman–Crippen MR) is 41.4 cm³/mol. The Labute approximate surface area is 69.6 Å². The van der Waals surface area contributed by atoms with Crippen molar-refractivity contribution in [2.45, 2.75) is 19.5 Å². The van der Waals surface area contributed by atoms with E-state index in [2.05, 4.69) is 15.5 Å². The molecule has 11 heavy (non-hydrogen) atoms. The molecule has 1 N–H and O–H groups in total. The van der Waals surface area contributed by atoms with Crippen LogP contribution < -0.4 is 5.32 Å². The van der Waals surface area contributed by atoms with Crippen molar-refractivity contribution in [3.8, 4) is 0 Å². The number of nitrogens with zero attached hydrogens (tertiary/aromatic N) is 3. The first-order chi connectivity index (χ1) is 5.38. The van der Waals surface area contributed by atoms with Crippen molar-refractivity contribution in [1.29, 1.82) is 0 Å². The van der Waals surface area contributed by atoms with Gasteiger partial charge in [0, 0.05) is 6.54 Å². The second-order valence-electron chi connectivity index (χ2n) is 2.57. The zero-order chi connectivity index (χ0) is 7.68. The van der Waals surface area contributed by atoms with Gasteiger partial charge in [-0.2, -0.15) is 0 Å². The van der Waals surface area contributed by atoms with Gasteiger partial charge >= 0.3 is 0 Å². The number of rotatable bonds is 0. The third-order valence-corrected chi connectivity index (χ3v) is 2.08. The number of hydrogen-bond acceptors (Lipinski definition) is 3. The van der Waals surface area contributed by atoms with Crippen LogP contribution in [0.1, 0.15) is 12.2 Å². The van der Waals surface area contributed by atoms with E-state index in [1.54, 1.807) is 0 Å². The van der Waals surface area contributed by atoms with E-state index in [1.165, 1.54) is 0 Å². The average Bonchev–Trinajstić information content (AvgIpc) is 2.25. The monoisotopic (exact) mass is 172 g/mol. The lowest BCUT2D eigenvalue weighted by Crippen LogP contribution is -2.12. The molecule has 1 aliphatic rings. The molecule has 0 saturated carbocycles. The second-order valence-corrected chi connectivity index (χ2v) is 2.91. The summed E-state index contributed by atoms with van der Waals surface area (Å²) in [6, 6.07) is 0. The van der Waals surface area contributed by atoms with Crippen molar-refractivity contribution in [2.24, 2.45) is 0 Å². The molecule has 4 nitrogen and oxygen atoms in total. The summed E-state index contributed by atoms with van der Waals surface area (Å²) in [5.74, 6) is 0.938. The van der Waals surface area contributed by atoms with Crippen LogP contribution in [-0.2, 0) is 13.1 Å². The van der Waals surface area contributed by atoms with Crippen LogP contribution in [0.25, 0.3) is 0 Å². The molecule has 0 amide bonds. The van der Waals surface area contributed by atoms with Crippen molar-refractivity contribution >= 4 is 11.6 Å². The third kappa shape index (κ3) is 1.23. The summed E-state index contributed by atoms with van der Waals surface area (Å²) < 4.78 is 1.95. The van der Waals surface area contributed by atoms with Gasteiger partial charge in [0.1, 0.15) is 5.82 Å². The summed E-state index contributed by atoms with van der Waals surface area (Å²) in [5, 5.41) is 11.5. The van der Waals surface area contributed by atoms with Gasteiger partial charge in [-0.05, 0) is 24.6 Å². The smallest absolute Gasteiger partial charge is 0.225 e. The van der Waals surface area contributed by atoms with Crippen molar-refractivity contribution in [3.63, 3.8) is 0 Å². The molecule has 2 rings (SSSR count). The molecular weight excluding hydrogens is 164 g/mol. The van der Waals surface area contributed by atoms with Crippen molar-refractivity contribution < 1.29 is 0 Å². The van der Waals surface area contributed by atoms with E-state index < -0.39 is 0 Å². The van der Waals surface area contributed by atoms with Crippen LogP contribution in [0.2, 0.25) is 5.28 Å². The van der Waals surface area contributed by atoms with Gasteiger partial charge in [0.15, 0.2) is 0 Å². The molecule has 2 heterocycles. The molecule has 0 aliphatic carbocycles. The SMILES string of the molecule is Clc1nnc2n1CCCNC2. The van der Waals surface area contributed by atoms with Crippen LogP contribution >= 0.6 is 11.6 Å². The highest BCUT2D eigenvalue weighted by Gasteiger charge is 2.11. The summed E-state index contributed by atoms with van der Waals surface area (Å²) in [4.78, 5) is 0. The second kappa shape index (κ2) is 2.79. The largest absolute Gasteiger partial charge is 0.310 e. The normalized spacial score (nSPS) is 17.5. The van der Waals surface area contributed by atoms with Gasteiger partial charge in [0.2, 0.25) is 5.28 Å². The highest BCUT2D eigenvalue weighted by atomic mass is 35.5. The highest BCUT2D eigenvalue weighted by molar-refractivity contribution is 6.28. The molecule has 0 unspecified atom stereocenters. The fraction of sp³-hybridized carbons (Fsp3) is 0.667. The maximum Gasteiger partial charge on any atom is 0.225 e. The molecule has 0 aromatic carbocycles. The van der Waals surface area contributed by atoms with E-state index in [0.717, 1.165) is 31.9 Å². The van der Waals surface area contributed by atoms with Gasteiger partial charge in [-0.15, -0.1) is 10.2 Å². The fourth-order valence-corrected chi connectivity index (χ4v) is 1.45. The van der Waals surface area contributed by atoms with Crippen molar-refractivity contribution in [1.82, 2.24) is 20.1 Å². The average molecular weight is 173 g/mol. The van der Waals surface area contributed by atoms with E-state index in [9.17, 15) is 0 Å². The first-order valence-corrected chi connectivity index (χ1v) is 4.04.